The Morgan fingerprint density at radius 3 is 2.62 bits per heavy atom. The second kappa shape index (κ2) is 6.64. The molecule has 0 radical (unpaired) electrons. The average Bonchev–Trinajstić information content (AvgIpc) is 3.06. The first-order chi connectivity index (χ1) is 12.7. The highest BCUT2D eigenvalue weighted by molar-refractivity contribution is 7.99. The number of imide groups is 1. The van der Waals surface area contributed by atoms with E-state index >= 15 is 0 Å². The first kappa shape index (κ1) is 16.3. The number of alkyl carbamates (subject to hydrolysis) is 1. The number of carbonyl (C=O) groups is 2. The van der Waals surface area contributed by atoms with E-state index in [1.165, 1.54) is 18.9 Å². The first-order valence-corrected chi connectivity index (χ1v) is 8.82. The van der Waals surface area contributed by atoms with Crippen molar-refractivity contribution in [3.63, 3.8) is 0 Å². The molecule has 130 valence electrons. The van der Waals surface area contributed by atoms with Gasteiger partial charge in [0.25, 0.3) is 0 Å². The molecule has 26 heavy (non-hydrogen) atoms. The summed E-state index contributed by atoms with van der Waals surface area (Å²) in [5.74, 6) is -0.420. The number of fused-ring (bicyclic) bond motifs is 5. The highest BCUT2D eigenvalue weighted by Gasteiger charge is 2.16. The number of benzene rings is 2. The Morgan fingerprint density at radius 1 is 1.08 bits per heavy atom. The Bertz CT molecular complexity index is 1160. The van der Waals surface area contributed by atoms with E-state index in [-0.39, 0.29) is 5.75 Å². The van der Waals surface area contributed by atoms with Crippen molar-refractivity contribution in [2.24, 2.45) is 0 Å². The number of hydrogen-bond donors (Lipinski definition) is 1. The van der Waals surface area contributed by atoms with Crippen LogP contribution in [-0.4, -0.2) is 39.2 Å². The maximum atomic E-state index is 11.9. The lowest BCUT2D eigenvalue weighted by molar-refractivity contribution is -0.117. The first-order valence-electron chi connectivity index (χ1n) is 7.84. The van der Waals surface area contributed by atoms with Gasteiger partial charge in [0.2, 0.25) is 5.91 Å². The van der Waals surface area contributed by atoms with Gasteiger partial charge in [0.15, 0.2) is 5.16 Å². The van der Waals surface area contributed by atoms with Crippen LogP contribution in [0.1, 0.15) is 0 Å². The molecule has 7 nitrogen and oxygen atoms in total. The fourth-order valence-electron chi connectivity index (χ4n) is 2.74. The fraction of sp³-hybridized carbons (Fsp3) is 0.111. The van der Waals surface area contributed by atoms with Gasteiger partial charge in [-0.1, -0.05) is 36.0 Å². The molecule has 4 aromatic rings. The number of hydrogen-bond acceptors (Lipinski definition) is 6. The zero-order valence-electron chi connectivity index (χ0n) is 13.8. The van der Waals surface area contributed by atoms with E-state index in [0.29, 0.717) is 5.16 Å². The maximum absolute atomic E-state index is 11.9. The van der Waals surface area contributed by atoms with E-state index in [9.17, 15) is 9.59 Å². The summed E-state index contributed by atoms with van der Waals surface area (Å²) < 4.78 is 6.37. The fourth-order valence-corrected chi connectivity index (χ4v) is 3.55. The summed E-state index contributed by atoms with van der Waals surface area (Å²) in [7, 11) is 1.21. The van der Waals surface area contributed by atoms with Gasteiger partial charge in [-0.05, 0) is 24.3 Å². The smallest absolute Gasteiger partial charge is 0.413 e. The molecule has 0 unspecified atom stereocenters. The van der Waals surface area contributed by atoms with Gasteiger partial charge in [-0.15, -0.1) is 0 Å². The zero-order valence-corrected chi connectivity index (χ0v) is 14.6. The second-order valence-corrected chi connectivity index (χ2v) is 6.44. The summed E-state index contributed by atoms with van der Waals surface area (Å²) in [6, 6.07) is 15.5. The van der Waals surface area contributed by atoms with Gasteiger partial charge in [-0.2, -0.15) is 0 Å². The number of imidazole rings is 1. The van der Waals surface area contributed by atoms with Crippen LogP contribution >= 0.6 is 11.8 Å². The molecule has 1 N–H and O–H groups in total. The van der Waals surface area contributed by atoms with Gasteiger partial charge in [0.1, 0.15) is 5.65 Å². The van der Waals surface area contributed by atoms with Crippen molar-refractivity contribution in [2.45, 2.75) is 5.16 Å². The van der Waals surface area contributed by atoms with E-state index < -0.39 is 12.0 Å². The van der Waals surface area contributed by atoms with Crippen molar-refractivity contribution in [3.05, 3.63) is 48.5 Å². The van der Waals surface area contributed by atoms with E-state index in [4.69, 9.17) is 4.98 Å². The van der Waals surface area contributed by atoms with Crippen LogP contribution in [0.4, 0.5) is 4.79 Å². The summed E-state index contributed by atoms with van der Waals surface area (Å²) in [6.07, 6.45) is -0.778. The zero-order chi connectivity index (χ0) is 18.1. The third-order valence-corrected chi connectivity index (χ3v) is 4.81. The highest BCUT2D eigenvalue weighted by Crippen LogP contribution is 2.28. The molecule has 0 atom stereocenters. The van der Waals surface area contributed by atoms with Crippen LogP contribution in [0.25, 0.3) is 27.6 Å². The van der Waals surface area contributed by atoms with Crippen LogP contribution in [-0.2, 0) is 9.53 Å². The minimum absolute atomic E-state index is 0.0298. The molecule has 0 fully saturated rings. The van der Waals surface area contributed by atoms with Gasteiger partial charge in [0.05, 0.1) is 29.4 Å². The minimum Gasteiger partial charge on any atom is -0.453 e. The van der Waals surface area contributed by atoms with Crippen molar-refractivity contribution in [1.82, 2.24) is 19.7 Å². The number of carbonyl (C=O) groups excluding carboxylic acids is 2. The molecule has 0 aliphatic rings. The van der Waals surface area contributed by atoms with Crippen LogP contribution in [0, 0.1) is 0 Å². The number of nitrogens with one attached hydrogen (secondary N) is 1. The summed E-state index contributed by atoms with van der Waals surface area (Å²) in [5, 5.41) is 3.71. The Hall–Kier alpha value is -3.13. The van der Waals surface area contributed by atoms with E-state index in [1.54, 1.807) is 0 Å². The molecule has 0 bridgehead atoms. The Labute approximate surface area is 152 Å². The summed E-state index contributed by atoms with van der Waals surface area (Å²) in [5.41, 5.74) is 3.35. The number of methoxy groups -OCH3 is 1. The normalized spacial score (nSPS) is 11.1. The third kappa shape index (κ3) is 2.84. The molecule has 2 aromatic carbocycles. The molecule has 0 saturated carbocycles. The largest absolute Gasteiger partial charge is 0.453 e. The number of nitrogens with zero attached hydrogens (tertiary/aromatic N) is 3. The molecule has 0 saturated heterocycles. The van der Waals surface area contributed by atoms with Crippen molar-refractivity contribution in [2.75, 3.05) is 12.9 Å². The van der Waals surface area contributed by atoms with Crippen molar-refractivity contribution < 1.29 is 14.3 Å². The third-order valence-electron chi connectivity index (χ3n) is 3.87. The van der Waals surface area contributed by atoms with Crippen LogP contribution in [0.15, 0.2) is 53.7 Å². The highest BCUT2D eigenvalue weighted by atomic mass is 32.2. The molecule has 2 aromatic heterocycles. The van der Waals surface area contributed by atoms with E-state index in [0.717, 1.165) is 27.6 Å². The summed E-state index contributed by atoms with van der Waals surface area (Å²) in [6.45, 7) is 0. The molecule has 2 heterocycles. The van der Waals surface area contributed by atoms with Crippen LogP contribution in [0.3, 0.4) is 0 Å². The number of para-hydroxylation sites is 3. The van der Waals surface area contributed by atoms with Gasteiger partial charge in [0, 0.05) is 5.39 Å². The molecule has 8 heteroatoms. The monoisotopic (exact) mass is 366 g/mol. The number of aromatic nitrogens is 3. The SMILES string of the molecule is COC(=O)NC(=O)CSc1nc2ccccc2c2nc3ccccc3n12. The Balaban J connectivity index is 1.82. The van der Waals surface area contributed by atoms with Crippen LogP contribution < -0.4 is 5.32 Å². The lowest BCUT2D eigenvalue weighted by atomic mass is 10.2. The Kier molecular flexibility index (Phi) is 4.18. The Morgan fingerprint density at radius 2 is 1.81 bits per heavy atom. The van der Waals surface area contributed by atoms with E-state index in [2.05, 4.69) is 15.0 Å². The molecular weight excluding hydrogens is 352 g/mol. The van der Waals surface area contributed by atoms with Gasteiger partial charge in [-0.25, -0.2) is 14.8 Å². The van der Waals surface area contributed by atoms with Crippen molar-refractivity contribution in [1.29, 1.82) is 0 Å². The predicted molar refractivity (Wildman–Crippen MR) is 99.3 cm³/mol. The van der Waals surface area contributed by atoms with E-state index in [1.807, 2.05) is 52.9 Å². The number of thioether (sulfide) groups is 1. The lowest BCUT2D eigenvalue weighted by Crippen LogP contribution is -2.31. The number of ether oxygens (including phenoxy) is 1. The maximum Gasteiger partial charge on any atom is 0.413 e. The summed E-state index contributed by atoms with van der Waals surface area (Å²) in [4.78, 5) is 32.5. The molecule has 0 aliphatic carbocycles. The van der Waals surface area contributed by atoms with Gasteiger partial charge < -0.3 is 4.74 Å². The molecule has 2 amide bonds. The van der Waals surface area contributed by atoms with Gasteiger partial charge in [-0.3, -0.25) is 14.5 Å². The van der Waals surface area contributed by atoms with Crippen molar-refractivity contribution in [3.8, 4) is 0 Å². The summed E-state index contributed by atoms with van der Waals surface area (Å²) >= 11 is 1.24. The second-order valence-electron chi connectivity index (χ2n) is 5.50. The van der Waals surface area contributed by atoms with Crippen LogP contribution in [0.5, 0.6) is 0 Å². The predicted octanol–water partition coefficient (Wildman–Crippen LogP) is 3.01. The quantitative estimate of drug-likeness (QED) is 0.443. The van der Waals surface area contributed by atoms with Crippen LogP contribution in [0.2, 0.25) is 0 Å². The van der Waals surface area contributed by atoms with Crippen molar-refractivity contribution >= 4 is 51.3 Å². The molecule has 4 rings (SSSR count). The lowest BCUT2D eigenvalue weighted by Gasteiger charge is -2.08. The topological polar surface area (TPSA) is 85.6 Å². The molecule has 0 spiro atoms. The minimum atomic E-state index is -0.778. The molecule has 0 aliphatic heterocycles. The number of rotatable bonds is 3. The van der Waals surface area contributed by atoms with Gasteiger partial charge >= 0.3 is 6.09 Å². The standard InChI is InChI=1S/C18H14N4O3S/c1-25-18(24)21-15(23)10-26-17-20-12-7-3-2-6-11(12)16-19-13-8-4-5-9-14(13)22(16)17/h2-9H,10H2,1H3,(H,21,23,24). The molecular formula is C18H14N4O3S. The number of amides is 2. The average molecular weight is 366 g/mol.